The highest BCUT2D eigenvalue weighted by molar-refractivity contribution is 6.31. The first kappa shape index (κ1) is 16.2. The minimum atomic E-state index is -0.744. The molecule has 0 saturated carbocycles. The maximum Gasteiger partial charge on any atom is 0.311 e. The molecule has 0 aliphatic carbocycles. The second-order valence-electron chi connectivity index (χ2n) is 5.45. The molecule has 1 heterocycles. The number of carbonyl (C=O) groups is 2. The fourth-order valence-corrected chi connectivity index (χ4v) is 2.40. The molecule has 0 atom stereocenters. The highest BCUT2D eigenvalue weighted by atomic mass is 16.6. The van der Waals surface area contributed by atoms with Crippen LogP contribution in [0.2, 0.25) is 0 Å². The Morgan fingerprint density at radius 3 is 2.48 bits per heavy atom. The third-order valence-corrected chi connectivity index (χ3v) is 3.73. The van der Waals surface area contributed by atoms with Crippen LogP contribution in [0.3, 0.4) is 0 Å². The van der Waals surface area contributed by atoms with Crippen LogP contribution in [0.1, 0.15) is 11.1 Å². The maximum absolute atomic E-state index is 12.5. The van der Waals surface area contributed by atoms with E-state index in [1.54, 1.807) is 24.3 Å². The molecule has 1 aliphatic rings. The molecule has 2 N–H and O–H groups in total. The van der Waals surface area contributed by atoms with Crippen molar-refractivity contribution in [3.05, 3.63) is 69.3 Å². The van der Waals surface area contributed by atoms with Crippen molar-refractivity contribution in [3.63, 3.8) is 0 Å². The number of nitrogens with zero attached hydrogens (tertiary/aromatic N) is 2. The summed E-state index contributed by atoms with van der Waals surface area (Å²) < 4.78 is 0. The Balaban J connectivity index is 1.98. The number of rotatable bonds is 3. The first-order valence-electron chi connectivity index (χ1n) is 7.28. The van der Waals surface area contributed by atoms with Crippen LogP contribution >= 0.6 is 0 Å². The lowest BCUT2D eigenvalue weighted by Gasteiger charge is -2.14. The van der Waals surface area contributed by atoms with E-state index in [1.165, 1.54) is 12.1 Å². The van der Waals surface area contributed by atoms with Crippen molar-refractivity contribution in [2.75, 3.05) is 5.01 Å². The molecular formula is C17H13N3O5. The SMILES string of the molecule is Cc1ccc(N2NC(=O)C(=Cc3cccc([N+](=O)[O-])c3O)C2=O)cc1. The van der Waals surface area contributed by atoms with Crippen molar-refractivity contribution in [1.29, 1.82) is 0 Å². The molecule has 0 bridgehead atoms. The van der Waals surface area contributed by atoms with Gasteiger partial charge in [-0.15, -0.1) is 0 Å². The number of hydrazine groups is 1. The van der Waals surface area contributed by atoms with Crippen LogP contribution in [0.25, 0.3) is 6.08 Å². The van der Waals surface area contributed by atoms with Crippen molar-refractivity contribution in [2.45, 2.75) is 6.92 Å². The van der Waals surface area contributed by atoms with Crippen LogP contribution in [0.15, 0.2) is 48.0 Å². The highest BCUT2D eigenvalue weighted by Gasteiger charge is 2.34. The number of aromatic hydroxyl groups is 1. The molecular weight excluding hydrogens is 326 g/mol. The van der Waals surface area contributed by atoms with Gasteiger partial charge in [0, 0.05) is 11.6 Å². The molecule has 2 amide bonds. The van der Waals surface area contributed by atoms with Crippen molar-refractivity contribution < 1.29 is 19.6 Å². The molecule has 1 aliphatic heterocycles. The molecule has 1 fully saturated rings. The van der Waals surface area contributed by atoms with Gasteiger partial charge in [0.15, 0.2) is 0 Å². The van der Waals surface area contributed by atoms with E-state index in [2.05, 4.69) is 5.43 Å². The van der Waals surface area contributed by atoms with E-state index in [9.17, 15) is 24.8 Å². The minimum absolute atomic E-state index is 0.0125. The summed E-state index contributed by atoms with van der Waals surface area (Å²) in [5, 5.41) is 21.9. The Morgan fingerprint density at radius 1 is 1.16 bits per heavy atom. The summed E-state index contributed by atoms with van der Waals surface area (Å²) in [5.41, 5.74) is 3.19. The number of para-hydroxylation sites is 1. The average Bonchev–Trinajstić information content (AvgIpc) is 2.85. The Hall–Kier alpha value is -3.68. The molecule has 25 heavy (non-hydrogen) atoms. The van der Waals surface area contributed by atoms with Crippen LogP contribution in [0.5, 0.6) is 5.75 Å². The van der Waals surface area contributed by atoms with E-state index in [4.69, 9.17) is 0 Å². The monoisotopic (exact) mass is 339 g/mol. The van der Waals surface area contributed by atoms with Gasteiger partial charge in [0.1, 0.15) is 5.57 Å². The van der Waals surface area contributed by atoms with Gasteiger partial charge in [-0.05, 0) is 25.1 Å². The number of nitro benzene ring substituents is 1. The first-order chi connectivity index (χ1) is 11.9. The summed E-state index contributed by atoms with van der Waals surface area (Å²) in [6.45, 7) is 1.89. The predicted molar refractivity (Wildman–Crippen MR) is 89.5 cm³/mol. The Labute approximate surface area is 142 Å². The quantitative estimate of drug-likeness (QED) is 0.385. The zero-order chi connectivity index (χ0) is 18.1. The second kappa shape index (κ2) is 6.08. The second-order valence-corrected chi connectivity index (χ2v) is 5.45. The van der Waals surface area contributed by atoms with Gasteiger partial charge in [-0.3, -0.25) is 25.1 Å². The van der Waals surface area contributed by atoms with Crippen molar-refractivity contribution in [2.24, 2.45) is 0 Å². The lowest BCUT2D eigenvalue weighted by atomic mass is 10.1. The molecule has 0 unspecified atom stereocenters. The summed E-state index contributed by atoms with van der Waals surface area (Å²) in [5.74, 6) is -1.87. The topological polar surface area (TPSA) is 113 Å². The van der Waals surface area contributed by atoms with Gasteiger partial charge in [0.2, 0.25) is 5.75 Å². The number of hydrogen-bond donors (Lipinski definition) is 2. The summed E-state index contributed by atoms with van der Waals surface area (Å²) in [7, 11) is 0. The van der Waals surface area contributed by atoms with Gasteiger partial charge in [-0.2, -0.15) is 0 Å². The number of nitrogens with one attached hydrogen (secondary N) is 1. The molecule has 8 heteroatoms. The van der Waals surface area contributed by atoms with Gasteiger partial charge in [0.05, 0.1) is 10.6 Å². The van der Waals surface area contributed by atoms with Gasteiger partial charge in [-0.25, -0.2) is 5.01 Å². The Kier molecular flexibility index (Phi) is 3.94. The van der Waals surface area contributed by atoms with Crippen LogP contribution in [0.4, 0.5) is 11.4 Å². The number of phenolic OH excluding ortho intramolecular Hbond substituents is 1. The largest absolute Gasteiger partial charge is 0.502 e. The van der Waals surface area contributed by atoms with E-state index in [0.717, 1.165) is 22.7 Å². The first-order valence-corrected chi connectivity index (χ1v) is 7.28. The van der Waals surface area contributed by atoms with Crippen molar-refractivity contribution in [1.82, 2.24) is 5.43 Å². The van der Waals surface area contributed by atoms with Crippen molar-refractivity contribution >= 4 is 29.3 Å². The lowest BCUT2D eigenvalue weighted by Crippen LogP contribution is -2.35. The molecule has 2 aromatic rings. The molecule has 0 aromatic heterocycles. The van der Waals surface area contributed by atoms with E-state index in [-0.39, 0.29) is 11.1 Å². The highest BCUT2D eigenvalue weighted by Crippen LogP contribution is 2.32. The third kappa shape index (κ3) is 2.92. The molecule has 0 spiro atoms. The van der Waals surface area contributed by atoms with Crippen LogP contribution in [-0.2, 0) is 9.59 Å². The van der Waals surface area contributed by atoms with E-state index >= 15 is 0 Å². The molecule has 1 saturated heterocycles. The Bertz CT molecular complexity index is 918. The number of hydrogen-bond acceptors (Lipinski definition) is 5. The lowest BCUT2D eigenvalue weighted by molar-refractivity contribution is -0.385. The number of aryl methyl sites for hydroxylation is 1. The number of benzene rings is 2. The number of nitro groups is 1. The maximum atomic E-state index is 12.5. The molecule has 0 radical (unpaired) electrons. The van der Waals surface area contributed by atoms with Gasteiger partial charge < -0.3 is 5.11 Å². The standard InChI is InChI=1S/C17H13N3O5/c1-10-5-7-12(8-6-10)19-17(23)13(16(22)18-19)9-11-3-2-4-14(15(11)21)20(24)25/h2-9,21H,1H3,(H,18,22). The van der Waals surface area contributed by atoms with Crippen LogP contribution in [0, 0.1) is 17.0 Å². The number of anilines is 1. The summed E-state index contributed by atoms with van der Waals surface area (Å²) in [6, 6.07) is 10.8. The van der Waals surface area contributed by atoms with E-state index in [0.29, 0.717) is 5.69 Å². The fourth-order valence-electron chi connectivity index (χ4n) is 2.40. The fraction of sp³-hybridized carbons (Fsp3) is 0.0588. The third-order valence-electron chi connectivity index (χ3n) is 3.73. The number of amides is 2. The van der Waals surface area contributed by atoms with E-state index < -0.39 is 28.2 Å². The van der Waals surface area contributed by atoms with Crippen LogP contribution < -0.4 is 10.4 Å². The summed E-state index contributed by atoms with van der Waals surface area (Å²) in [4.78, 5) is 34.7. The predicted octanol–water partition coefficient (Wildman–Crippen LogP) is 2.07. The molecule has 8 nitrogen and oxygen atoms in total. The normalized spacial score (nSPS) is 15.6. The molecule has 2 aromatic carbocycles. The zero-order valence-electron chi connectivity index (χ0n) is 13.1. The average molecular weight is 339 g/mol. The van der Waals surface area contributed by atoms with Gasteiger partial charge >= 0.3 is 5.69 Å². The van der Waals surface area contributed by atoms with E-state index in [1.807, 2.05) is 6.92 Å². The van der Waals surface area contributed by atoms with Crippen LogP contribution in [-0.4, -0.2) is 21.8 Å². The minimum Gasteiger partial charge on any atom is -0.502 e. The summed E-state index contributed by atoms with van der Waals surface area (Å²) >= 11 is 0. The molecule has 3 rings (SSSR count). The van der Waals surface area contributed by atoms with Crippen molar-refractivity contribution in [3.8, 4) is 5.75 Å². The van der Waals surface area contributed by atoms with Gasteiger partial charge in [-0.1, -0.05) is 29.8 Å². The number of carbonyl (C=O) groups excluding carboxylic acids is 2. The number of phenols is 1. The Morgan fingerprint density at radius 2 is 1.84 bits per heavy atom. The van der Waals surface area contributed by atoms with Gasteiger partial charge in [0.25, 0.3) is 11.8 Å². The zero-order valence-corrected chi connectivity index (χ0v) is 13.1. The summed E-state index contributed by atoms with van der Waals surface area (Å²) in [6.07, 6.45) is 1.13. The smallest absolute Gasteiger partial charge is 0.311 e. The molecule has 126 valence electrons.